The van der Waals surface area contributed by atoms with Crippen molar-refractivity contribution in [3.05, 3.63) is 23.5 Å². The molecule has 1 amide bonds. The second kappa shape index (κ2) is 5.40. The van der Waals surface area contributed by atoms with E-state index in [2.05, 4.69) is 10.3 Å². The average molecular weight is 252 g/mol. The molecule has 2 heterocycles. The molecule has 1 fully saturated rings. The summed E-state index contributed by atoms with van der Waals surface area (Å²) < 4.78 is 5.16. The Morgan fingerprint density at radius 2 is 2.47 bits per heavy atom. The summed E-state index contributed by atoms with van der Waals surface area (Å²) in [6.07, 6.45) is 2.64. The number of hydrogen-bond donors (Lipinski definition) is 1. The highest BCUT2D eigenvalue weighted by Gasteiger charge is 2.20. The number of carbonyl (C=O) groups excluding carboxylic acids is 1. The lowest BCUT2D eigenvalue weighted by atomic mass is 10.1. The van der Waals surface area contributed by atoms with Gasteiger partial charge in [-0.05, 0) is 25.2 Å². The molecule has 0 saturated carbocycles. The maximum atomic E-state index is 12.1. The van der Waals surface area contributed by atoms with Crippen molar-refractivity contribution in [2.45, 2.75) is 19.4 Å². The average Bonchev–Trinajstić information content (AvgIpc) is 2.81. The first-order valence-corrected chi connectivity index (χ1v) is 6.75. The third-order valence-electron chi connectivity index (χ3n) is 2.73. The third kappa shape index (κ3) is 2.91. The molecular formula is C12H16N2O2S. The lowest BCUT2D eigenvalue weighted by molar-refractivity contribution is 0.0938. The van der Waals surface area contributed by atoms with Crippen LogP contribution in [0.15, 0.2) is 12.3 Å². The van der Waals surface area contributed by atoms with Crippen LogP contribution in [0, 0.1) is 6.92 Å². The van der Waals surface area contributed by atoms with Crippen molar-refractivity contribution in [1.82, 2.24) is 10.3 Å². The number of carbonyl (C=O) groups is 1. The fourth-order valence-corrected chi connectivity index (χ4v) is 2.95. The fraction of sp³-hybridized carbons (Fsp3) is 0.500. The second-order valence-electron chi connectivity index (χ2n) is 4.06. The summed E-state index contributed by atoms with van der Waals surface area (Å²) in [5, 5.41) is 3.03. The van der Waals surface area contributed by atoms with Gasteiger partial charge in [-0.1, -0.05) is 0 Å². The molecule has 5 heteroatoms. The van der Waals surface area contributed by atoms with Crippen molar-refractivity contribution in [1.29, 1.82) is 0 Å². The molecular weight excluding hydrogens is 236 g/mol. The van der Waals surface area contributed by atoms with E-state index in [1.165, 1.54) is 0 Å². The van der Waals surface area contributed by atoms with Crippen LogP contribution in [0.4, 0.5) is 0 Å². The highest BCUT2D eigenvalue weighted by molar-refractivity contribution is 7.99. The van der Waals surface area contributed by atoms with E-state index in [0.717, 1.165) is 23.6 Å². The van der Waals surface area contributed by atoms with Crippen molar-refractivity contribution in [2.24, 2.45) is 0 Å². The number of thioether (sulfide) groups is 1. The summed E-state index contributed by atoms with van der Waals surface area (Å²) >= 11 is 1.87. The van der Waals surface area contributed by atoms with E-state index >= 15 is 0 Å². The van der Waals surface area contributed by atoms with E-state index in [1.54, 1.807) is 19.4 Å². The number of aromatic nitrogens is 1. The summed E-state index contributed by atoms with van der Waals surface area (Å²) in [7, 11) is 1.55. The Hall–Kier alpha value is -1.23. The zero-order chi connectivity index (χ0) is 12.3. The molecule has 1 unspecified atom stereocenters. The molecule has 0 radical (unpaired) electrons. The molecule has 1 N–H and O–H groups in total. The number of hydrogen-bond acceptors (Lipinski definition) is 4. The number of methoxy groups -OCH3 is 1. The summed E-state index contributed by atoms with van der Waals surface area (Å²) in [5.41, 5.74) is 1.38. The van der Waals surface area contributed by atoms with Crippen LogP contribution in [0.25, 0.3) is 0 Å². The predicted octanol–water partition coefficient (Wildman–Crippen LogP) is 1.63. The van der Waals surface area contributed by atoms with Gasteiger partial charge >= 0.3 is 0 Å². The van der Waals surface area contributed by atoms with E-state index in [0.29, 0.717) is 11.3 Å². The SMILES string of the molecule is COc1cnc(C)cc1C(=O)NC1CCSC1. The summed E-state index contributed by atoms with van der Waals surface area (Å²) in [6, 6.07) is 2.04. The zero-order valence-electron chi connectivity index (χ0n) is 10.0. The number of nitrogens with zero attached hydrogens (tertiary/aromatic N) is 1. The quantitative estimate of drug-likeness (QED) is 0.888. The van der Waals surface area contributed by atoms with Gasteiger partial charge in [-0.2, -0.15) is 11.8 Å². The monoisotopic (exact) mass is 252 g/mol. The van der Waals surface area contributed by atoms with Gasteiger partial charge in [0.05, 0.1) is 18.9 Å². The van der Waals surface area contributed by atoms with Gasteiger partial charge in [0.2, 0.25) is 0 Å². The van der Waals surface area contributed by atoms with Crippen molar-refractivity contribution < 1.29 is 9.53 Å². The normalized spacial score (nSPS) is 19.1. The summed E-state index contributed by atoms with van der Waals surface area (Å²) in [5.74, 6) is 2.58. The molecule has 1 atom stereocenters. The standard InChI is InChI=1S/C12H16N2O2S/c1-8-5-10(11(16-2)6-13-8)12(15)14-9-3-4-17-7-9/h5-6,9H,3-4,7H2,1-2H3,(H,14,15). The van der Waals surface area contributed by atoms with Crippen molar-refractivity contribution >= 4 is 17.7 Å². The molecule has 1 aromatic rings. The molecule has 17 heavy (non-hydrogen) atoms. The minimum atomic E-state index is -0.0696. The van der Waals surface area contributed by atoms with Gasteiger partial charge in [0, 0.05) is 17.5 Å². The zero-order valence-corrected chi connectivity index (χ0v) is 10.8. The van der Waals surface area contributed by atoms with Gasteiger partial charge in [-0.25, -0.2) is 0 Å². The van der Waals surface area contributed by atoms with E-state index in [-0.39, 0.29) is 11.9 Å². The number of amides is 1. The molecule has 1 aliphatic heterocycles. The number of rotatable bonds is 3. The van der Waals surface area contributed by atoms with Gasteiger partial charge in [-0.15, -0.1) is 0 Å². The third-order valence-corrected chi connectivity index (χ3v) is 3.90. The van der Waals surface area contributed by atoms with Crippen LogP contribution in [0.1, 0.15) is 22.5 Å². The first kappa shape index (κ1) is 12.2. The van der Waals surface area contributed by atoms with E-state index < -0.39 is 0 Å². The summed E-state index contributed by atoms with van der Waals surface area (Å²) in [6.45, 7) is 1.86. The molecule has 0 aliphatic carbocycles. The molecule has 92 valence electrons. The van der Waals surface area contributed by atoms with Crippen molar-refractivity contribution in [3.8, 4) is 5.75 Å². The van der Waals surface area contributed by atoms with Crippen molar-refractivity contribution in [3.63, 3.8) is 0 Å². The lowest BCUT2D eigenvalue weighted by Crippen LogP contribution is -2.34. The van der Waals surface area contributed by atoms with Gasteiger partial charge in [0.15, 0.2) is 0 Å². The van der Waals surface area contributed by atoms with Crippen LogP contribution in [0.5, 0.6) is 5.75 Å². The van der Waals surface area contributed by atoms with E-state index in [1.807, 2.05) is 18.7 Å². The maximum absolute atomic E-state index is 12.1. The van der Waals surface area contributed by atoms with Crippen molar-refractivity contribution in [2.75, 3.05) is 18.6 Å². The number of pyridine rings is 1. The molecule has 1 aliphatic rings. The summed E-state index contributed by atoms with van der Waals surface area (Å²) in [4.78, 5) is 16.2. The Bertz CT molecular complexity index is 417. The van der Waals surface area contributed by atoms with Crippen LogP contribution >= 0.6 is 11.8 Å². The van der Waals surface area contributed by atoms with Crippen LogP contribution in [-0.4, -0.2) is 35.5 Å². The van der Waals surface area contributed by atoms with Gasteiger partial charge in [-0.3, -0.25) is 9.78 Å². The first-order valence-electron chi connectivity index (χ1n) is 5.60. The molecule has 0 spiro atoms. The Labute approximate surface area is 105 Å². The van der Waals surface area contributed by atoms with Crippen LogP contribution < -0.4 is 10.1 Å². The van der Waals surface area contributed by atoms with Gasteiger partial charge in [0.1, 0.15) is 5.75 Å². The minimum Gasteiger partial charge on any atom is -0.494 e. The van der Waals surface area contributed by atoms with Crippen LogP contribution in [-0.2, 0) is 0 Å². The fourth-order valence-electron chi connectivity index (χ4n) is 1.80. The largest absolute Gasteiger partial charge is 0.494 e. The second-order valence-corrected chi connectivity index (χ2v) is 5.21. The Kier molecular flexibility index (Phi) is 3.89. The number of aryl methyl sites for hydroxylation is 1. The highest BCUT2D eigenvalue weighted by atomic mass is 32.2. The molecule has 2 rings (SSSR count). The Morgan fingerprint density at radius 3 is 3.12 bits per heavy atom. The number of nitrogens with one attached hydrogen (secondary N) is 1. The molecule has 0 bridgehead atoms. The maximum Gasteiger partial charge on any atom is 0.255 e. The van der Waals surface area contributed by atoms with Crippen LogP contribution in [0.2, 0.25) is 0 Å². The first-order chi connectivity index (χ1) is 8.20. The minimum absolute atomic E-state index is 0.0696. The Morgan fingerprint density at radius 1 is 1.65 bits per heavy atom. The lowest BCUT2D eigenvalue weighted by Gasteiger charge is -2.13. The molecule has 0 aromatic carbocycles. The van der Waals surface area contributed by atoms with Gasteiger partial charge < -0.3 is 10.1 Å². The Balaban J connectivity index is 2.14. The number of ether oxygens (including phenoxy) is 1. The molecule has 1 saturated heterocycles. The van der Waals surface area contributed by atoms with Gasteiger partial charge in [0.25, 0.3) is 5.91 Å². The molecule has 4 nitrogen and oxygen atoms in total. The van der Waals surface area contributed by atoms with E-state index in [4.69, 9.17) is 4.74 Å². The van der Waals surface area contributed by atoms with Crippen LogP contribution in [0.3, 0.4) is 0 Å². The highest BCUT2D eigenvalue weighted by Crippen LogP contribution is 2.20. The van der Waals surface area contributed by atoms with E-state index in [9.17, 15) is 4.79 Å². The smallest absolute Gasteiger partial charge is 0.255 e. The topological polar surface area (TPSA) is 51.2 Å². The molecule has 1 aromatic heterocycles. The predicted molar refractivity (Wildman–Crippen MR) is 68.7 cm³/mol.